The molecule has 2 aliphatic rings. The first-order valence-corrected chi connectivity index (χ1v) is 11.6. The second kappa shape index (κ2) is 8.52. The topological polar surface area (TPSA) is 41.4 Å². The average Bonchev–Trinajstić information content (AvgIpc) is 2.70. The van der Waals surface area contributed by atoms with Crippen LogP contribution in [0, 0.1) is 18.8 Å². The van der Waals surface area contributed by atoms with Crippen molar-refractivity contribution >= 4 is 34.8 Å². The molecule has 2 aromatic rings. The van der Waals surface area contributed by atoms with Gasteiger partial charge in [-0.25, -0.2) is 4.98 Å². The molecule has 30 heavy (non-hydrogen) atoms. The average molecular weight is 449 g/mol. The summed E-state index contributed by atoms with van der Waals surface area (Å²) in [6.45, 7) is 9.84. The van der Waals surface area contributed by atoms with Gasteiger partial charge in [-0.1, -0.05) is 56.8 Å². The Balaban J connectivity index is 1.84. The van der Waals surface area contributed by atoms with Crippen molar-refractivity contribution in [2.24, 2.45) is 11.8 Å². The van der Waals surface area contributed by atoms with Crippen LogP contribution in [0.5, 0.6) is 0 Å². The van der Waals surface area contributed by atoms with Crippen LogP contribution < -0.4 is 10.5 Å². The van der Waals surface area contributed by atoms with Gasteiger partial charge in [0.2, 0.25) is 5.95 Å². The van der Waals surface area contributed by atoms with Crippen LogP contribution in [-0.2, 0) is 13.1 Å². The molecule has 1 aliphatic carbocycles. The molecule has 5 nitrogen and oxygen atoms in total. The number of rotatable bonds is 3. The Morgan fingerprint density at radius 3 is 2.63 bits per heavy atom. The first-order valence-electron chi connectivity index (χ1n) is 10.9. The fourth-order valence-corrected chi connectivity index (χ4v) is 5.57. The summed E-state index contributed by atoms with van der Waals surface area (Å²) in [6, 6.07) is 5.93. The summed E-state index contributed by atoms with van der Waals surface area (Å²) in [5, 5.41) is 1.16. The number of nitrogens with zero attached hydrogens (tertiary/aromatic N) is 4. The summed E-state index contributed by atoms with van der Waals surface area (Å²) in [5.41, 5.74) is 2.45. The Morgan fingerprint density at radius 1 is 1.17 bits per heavy atom. The summed E-state index contributed by atoms with van der Waals surface area (Å²) >= 11 is 12.7. The molecule has 162 valence electrons. The van der Waals surface area contributed by atoms with Crippen LogP contribution in [0.2, 0.25) is 10.0 Å². The van der Waals surface area contributed by atoms with E-state index in [2.05, 4.69) is 23.6 Å². The van der Waals surface area contributed by atoms with Crippen molar-refractivity contribution in [1.29, 1.82) is 0 Å². The van der Waals surface area contributed by atoms with Gasteiger partial charge in [0.25, 0.3) is 5.56 Å². The van der Waals surface area contributed by atoms with E-state index in [9.17, 15) is 4.79 Å². The molecule has 0 bridgehead atoms. The van der Waals surface area contributed by atoms with Crippen LogP contribution in [0.15, 0.2) is 23.0 Å². The zero-order chi connectivity index (χ0) is 21.6. The smallest absolute Gasteiger partial charge is 0.259 e. The van der Waals surface area contributed by atoms with Crippen LogP contribution in [0.25, 0.3) is 0 Å². The molecule has 1 aromatic heterocycles. The van der Waals surface area contributed by atoms with Crippen LogP contribution in [0.1, 0.15) is 51.3 Å². The van der Waals surface area contributed by atoms with Crippen molar-refractivity contribution in [3.8, 4) is 0 Å². The Morgan fingerprint density at radius 2 is 1.93 bits per heavy atom. The maximum absolute atomic E-state index is 13.4. The van der Waals surface area contributed by atoms with Crippen LogP contribution in [-0.4, -0.2) is 27.2 Å². The standard InChI is InChI=1S/C23H30Cl2N4O/c1-5-18-16(4)26-23-28(21-10-9-17(24)11-19(21)25)12-27(13-29(23)22(18)30)20-8-6-7-14(2)15(20)3/h9-11,14-15,20H,5-8,12-13H2,1-4H3. The van der Waals surface area contributed by atoms with Gasteiger partial charge < -0.3 is 0 Å². The quantitative estimate of drug-likeness (QED) is 0.611. The number of aryl methyl sites for hydroxylation is 1. The fourth-order valence-electron chi connectivity index (χ4n) is 5.06. The highest BCUT2D eigenvalue weighted by Crippen LogP contribution is 2.38. The monoisotopic (exact) mass is 448 g/mol. The van der Waals surface area contributed by atoms with Gasteiger partial charge in [0, 0.05) is 22.3 Å². The van der Waals surface area contributed by atoms with Crippen LogP contribution in [0.4, 0.5) is 11.6 Å². The van der Waals surface area contributed by atoms with Gasteiger partial charge in [-0.2, -0.15) is 0 Å². The lowest BCUT2D eigenvalue weighted by Gasteiger charge is -2.46. The minimum atomic E-state index is 0.0521. The maximum Gasteiger partial charge on any atom is 0.259 e. The number of halogens is 2. The van der Waals surface area contributed by atoms with E-state index >= 15 is 0 Å². The molecule has 3 atom stereocenters. The van der Waals surface area contributed by atoms with Gasteiger partial charge in [0.05, 0.1) is 24.0 Å². The highest BCUT2D eigenvalue weighted by Gasteiger charge is 2.37. The van der Waals surface area contributed by atoms with E-state index in [-0.39, 0.29) is 5.56 Å². The van der Waals surface area contributed by atoms with Crippen LogP contribution >= 0.6 is 23.2 Å². The molecule has 1 fully saturated rings. The molecule has 3 unspecified atom stereocenters. The molecule has 0 amide bonds. The zero-order valence-corrected chi connectivity index (χ0v) is 19.7. The number of fused-ring (bicyclic) bond motifs is 1. The molecule has 0 N–H and O–H groups in total. The number of aromatic nitrogens is 2. The predicted molar refractivity (Wildman–Crippen MR) is 124 cm³/mol. The van der Waals surface area contributed by atoms with Crippen molar-refractivity contribution in [2.75, 3.05) is 11.6 Å². The van der Waals surface area contributed by atoms with Crippen molar-refractivity contribution in [1.82, 2.24) is 14.5 Å². The molecular weight excluding hydrogens is 419 g/mol. The zero-order valence-electron chi connectivity index (χ0n) is 18.2. The Kier molecular flexibility index (Phi) is 6.16. The van der Waals surface area contributed by atoms with Crippen LogP contribution in [0.3, 0.4) is 0 Å². The van der Waals surface area contributed by atoms with E-state index in [1.807, 2.05) is 30.5 Å². The number of hydrogen-bond acceptors (Lipinski definition) is 4. The second-order valence-electron chi connectivity index (χ2n) is 8.79. The maximum atomic E-state index is 13.4. The van der Waals surface area contributed by atoms with Crippen molar-refractivity contribution in [3.63, 3.8) is 0 Å². The van der Waals surface area contributed by atoms with E-state index in [4.69, 9.17) is 28.2 Å². The molecule has 7 heteroatoms. The van der Waals surface area contributed by atoms with Crippen molar-refractivity contribution < 1.29 is 0 Å². The summed E-state index contributed by atoms with van der Waals surface area (Å²) in [5.74, 6) is 1.91. The molecule has 4 rings (SSSR count). The van der Waals surface area contributed by atoms with E-state index in [1.165, 1.54) is 12.8 Å². The lowest BCUT2D eigenvalue weighted by atomic mass is 9.77. The van der Waals surface area contributed by atoms with E-state index in [0.29, 0.717) is 53.6 Å². The van der Waals surface area contributed by atoms with Gasteiger partial charge in [0.15, 0.2) is 0 Å². The molecule has 1 aromatic carbocycles. The van der Waals surface area contributed by atoms with E-state index in [0.717, 1.165) is 23.4 Å². The molecule has 1 aliphatic heterocycles. The van der Waals surface area contributed by atoms with E-state index < -0.39 is 0 Å². The Bertz CT molecular complexity index is 1010. The number of hydrogen-bond donors (Lipinski definition) is 0. The Labute approximate surface area is 188 Å². The fraction of sp³-hybridized carbons (Fsp3) is 0.565. The van der Waals surface area contributed by atoms with Gasteiger partial charge >= 0.3 is 0 Å². The molecule has 0 radical (unpaired) electrons. The molecule has 2 heterocycles. The second-order valence-corrected chi connectivity index (χ2v) is 9.64. The third-order valence-corrected chi connectivity index (χ3v) is 7.56. The van der Waals surface area contributed by atoms with Gasteiger partial charge in [-0.15, -0.1) is 0 Å². The van der Waals surface area contributed by atoms with Crippen molar-refractivity contribution in [2.45, 2.75) is 66.1 Å². The largest absolute Gasteiger partial charge is 0.297 e. The highest BCUT2D eigenvalue weighted by molar-refractivity contribution is 6.36. The predicted octanol–water partition coefficient (Wildman–Crippen LogP) is 5.61. The normalized spacial score (nSPS) is 24.7. The van der Waals surface area contributed by atoms with Gasteiger partial charge in [-0.3, -0.25) is 19.2 Å². The highest BCUT2D eigenvalue weighted by atomic mass is 35.5. The number of anilines is 2. The first kappa shape index (κ1) is 21.7. The minimum absolute atomic E-state index is 0.0521. The lowest BCUT2D eigenvalue weighted by Crippen LogP contribution is -2.54. The third-order valence-electron chi connectivity index (χ3n) is 7.02. The SMILES string of the molecule is CCc1c(C)nc2n(c1=O)CN(C1CCCC(C)C1C)CN2c1ccc(Cl)cc1Cl. The minimum Gasteiger partial charge on any atom is -0.297 e. The third kappa shape index (κ3) is 3.76. The molecule has 1 saturated carbocycles. The molecular formula is C23H30Cl2N4O. The van der Waals surface area contributed by atoms with Gasteiger partial charge in [-0.05, 0) is 49.8 Å². The first-order chi connectivity index (χ1) is 14.3. The Hall–Kier alpha value is -1.56. The van der Waals surface area contributed by atoms with E-state index in [1.54, 1.807) is 6.07 Å². The number of benzene rings is 1. The summed E-state index contributed by atoms with van der Waals surface area (Å²) in [6.07, 6.45) is 4.33. The summed E-state index contributed by atoms with van der Waals surface area (Å²) in [4.78, 5) is 22.7. The summed E-state index contributed by atoms with van der Waals surface area (Å²) < 4.78 is 1.83. The summed E-state index contributed by atoms with van der Waals surface area (Å²) in [7, 11) is 0. The molecule has 0 saturated heterocycles. The van der Waals surface area contributed by atoms with Crippen molar-refractivity contribution in [3.05, 3.63) is 49.9 Å². The van der Waals surface area contributed by atoms with Gasteiger partial charge in [0.1, 0.15) is 0 Å². The lowest BCUT2D eigenvalue weighted by molar-refractivity contribution is 0.0491. The molecule has 0 spiro atoms.